The van der Waals surface area contributed by atoms with Crippen molar-refractivity contribution < 1.29 is 4.79 Å². The van der Waals surface area contributed by atoms with E-state index in [1.807, 2.05) is 30.3 Å². The highest BCUT2D eigenvalue weighted by atomic mass is 127. The number of nitrogens with one attached hydrogen (secondary N) is 2. The monoisotopic (exact) mass is 262 g/mol. The lowest BCUT2D eigenvalue weighted by Gasteiger charge is -2.00. The summed E-state index contributed by atoms with van der Waals surface area (Å²) in [6.45, 7) is 0. The van der Waals surface area contributed by atoms with Crippen LogP contribution in [-0.4, -0.2) is 6.03 Å². The van der Waals surface area contributed by atoms with Crippen molar-refractivity contribution in [1.82, 2.24) is 3.53 Å². The average molecular weight is 262 g/mol. The third kappa shape index (κ3) is 2.75. The number of carbonyl (C=O) groups is 1. The van der Waals surface area contributed by atoms with Gasteiger partial charge in [-0.1, -0.05) is 18.2 Å². The molecule has 2 amide bonds. The van der Waals surface area contributed by atoms with E-state index in [0.29, 0.717) is 0 Å². The number of amides is 2. The van der Waals surface area contributed by atoms with E-state index in [2.05, 4.69) is 8.85 Å². The zero-order valence-electron chi connectivity index (χ0n) is 5.67. The summed E-state index contributed by atoms with van der Waals surface area (Å²) >= 11 is 1.78. The van der Waals surface area contributed by atoms with Gasteiger partial charge < -0.3 is 5.32 Å². The van der Waals surface area contributed by atoms with Crippen LogP contribution in [0.4, 0.5) is 10.5 Å². The summed E-state index contributed by atoms with van der Waals surface area (Å²) in [6.07, 6.45) is 0. The first kappa shape index (κ1) is 8.32. The summed E-state index contributed by atoms with van der Waals surface area (Å²) in [6, 6.07) is 9.06. The number of rotatable bonds is 1. The molecule has 1 aromatic carbocycles. The maximum atomic E-state index is 10.8. The van der Waals surface area contributed by atoms with Gasteiger partial charge in [0.25, 0.3) is 0 Å². The van der Waals surface area contributed by atoms with Crippen molar-refractivity contribution in [3.63, 3.8) is 0 Å². The van der Waals surface area contributed by atoms with Crippen molar-refractivity contribution in [1.29, 1.82) is 0 Å². The molecule has 0 aliphatic heterocycles. The van der Waals surface area contributed by atoms with Crippen molar-refractivity contribution in [3.8, 4) is 0 Å². The van der Waals surface area contributed by atoms with Crippen LogP contribution in [0.5, 0.6) is 0 Å². The number of benzene rings is 1. The first-order valence-corrected chi connectivity index (χ1v) is 4.13. The van der Waals surface area contributed by atoms with Gasteiger partial charge in [0.15, 0.2) is 0 Å². The molecule has 58 valence electrons. The number of hydrogen-bond acceptors (Lipinski definition) is 1. The summed E-state index contributed by atoms with van der Waals surface area (Å²) in [7, 11) is 0. The number of anilines is 1. The Balaban J connectivity index is 2.58. The number of hydrogen-bond donors (Lipinski definition) is 2. The van der Waals surface area contributed by atoms with Crippen LogP contribution < -0.4 is 8.85 Å². The SMILES string of the molecule is O=C(NI)Nc1ccccc1. The van der Waals surface area contributed by atoms with Crippen LogP contribution in [0.3, 0.4) is 0 Å². The Kier molecular flexibility index (Phi) is 3.15. The largest absolute Gasteiger partial charge is 0.327 e. The molecule has 3 nitrogen and oxygen atoms in total. The standard InChI is InChI=1S/C7H7IN2O/c8-10-7(11)9-6-4-2-1-3-5-6/h1-5H,(H2,9,10,11). The third-order valence-electron chi connectivity index (χ3n) is 1.12. The molecule has 0 aromatic heterocycles. The molecule has 1 aromatic rings. The van der Waals surface area contributed by atoms with Crippen molar-refractivity contribution in [2.45, 2.75) is 0 Å². The summed E-state index contributed by atoms with van der Waals surface area (Å²) in [4.78, 5) is 10.8. The number of halogens is 1. The first-order chi connectivity index (χ1) is 5.33. The topological polar surface area (TPSA) is 41.1 Å². The van der Waals surface area contributed by atoms with Crippen LogP contribution in [0, 0.1) is 0 Å². The Hall–Kier alpha value is -0.780. The molecule has 0 fully saturated rings. The van der Waals surface area contributed by atoms with Crippen molar-refractivity contribution in [2.75, 3.05) is 5.32 Å². The second kappa shape index (κ2) is 4.17. The quantitative estimate of drug-likeness (QED) is 0.591. The number of carbonyl (C=O) groups excluding carboxylic acids is 1. The Morgan fingerprint density at radius 3 is 2.45 bits per heavy atom. The number of para-hydroxylation sites is 1. The van der Waals surface area contributed by atoms with Gasteiger partial charge in [-0.15, -0.1) is 0 Å². The molecular weight excluding hydrogens is 255 g/mol. The fourth-order valence-corrected chi connectivity index (χ4v) is 0.811. The van der Waals surface area contributed by atoms with E-state index in [0.717, 1.165) is 5.69 Å². The van der Waals surface area contributed by atoms with Crippen LogP contribution in [0.15, 0.2) is 30.3 Å². The van der Waals surface area contributed by atoms with E-state index < -0.39 is 0 Å². The molecule has 0 unspecified atom stereocenters. The smallest absolute Gasteiger partial charge is 0.307 e. The van der Waals surface area contributed by atoms with Crippen molar-refractivity contribution in [3.05, 3.63) is 30.3 Å². The Labute approximate surface area is 78.7 Å². The summed E-state index contributed by atoms with van der Waals surface area (Å²) < 4.78 is 2.43. The van der Waals surface area contributed by atoms with Gasteiger partial charge in [-0.25, -0.2) is 4.79 Å². The van der Waals surface area contributed by atoms with Gasteiger partial charge >= 0.3 is 6.03 Å². The van der Waals surface area contributed by atoms with Crippen LogP contribution in [0.25, 0.3) is 0 Å². The first-order valence-electron chi connectivity index (χ1n) is 3.05. The third-order valence-corrected chi connectivity index (χ3v) is 1.61. The van der Waals surface area contributed by atoms with Crippen LogP contribution in [0.2, 0.25) is 0 Å². The fraction of sp³-hybridized carbons (Fsp3) is 0. The van der Waals surface area contributed by atoms with E-state index in [-0.39, 0.29) is 6.03 Å². The minimum absolute atomic E-state index is 0.211. The summed E-state index contributed by atoms with van der Waals surface area (Å²) in [5, 5.41) is 2.63. The lowest BCUT2D eigenvalue weighted by atomic mass is 10.3. The average Bonchev–Trinajstić information content (AvgIpc) is 2.06. The highest BCUT2D eigenvalue weighted by Gasteiger charge is 1.95. The maximum Gasteiger partial charge on any atom is 0.327 e. The Morgan fingerprint density at radius 2 is 1.91 bits per heavy atom. The zero-order valence-corrected chi connectivity index (χ0v) is 7.83. The van der Waals surface area contributed by atoms with Crippen LogP contribution in [0.1, 0.15) is 0 Å². The molecule has 0 saturated carbocycles. The lowest BCUT2D eigenvalue weighted by Crippen LogP contribution is -2.19. The van der Waals surface area contributed by atoms with Crippen molar-refractivity contribution >= 4 is 34.6 Å². The Morgan fingerprint density at radius 1 is 1.27 bits per heavy atom. The highest BCUT2D eigenvalue weighted by Crippen LogP contribution is 2.03. The molecule has 0 radical (unpaired) electrons. The summed E-state index contributed by atoms with van der Waals surface area (Å²) in [5.74, 6) is 0. The second-order valence-electron chi connectivity index (χ2n) is 1.91. The van der Waals surface area contributed by atoms with Gasteiger partial charge in [0.05, 0.1) is 22.9 Å². The summed E-state index contributed by atoms with van der Waals surface area (Å²) in [5.41, 5.74) is 0.793. The molecule has 0 aliphatic rings. The predicted octanol–water partition coefficient (Wildman–Crippen LogP) is 2.16. The van der Waals surface area contributed by atoms with Gasteiger partial charge in [-0.2, -0.15) is 0 Å². The predicted molar refractivity (Wildman–Crippen MR) is 52.6 cm³/mol. The lowest BCUT2D eigenvalue weighted by molar-refractivity contribution is 0.258. The maximum absolute atomic E-state index is 10.8. The van der Waals surface area contributed by atoms with E-state index in [1.54, 1.807) is 22.9 Å². The van der Waals surface area contributed by atoms with Crippen LogP contribution >= 0.6 is 22.9 Å². The molecule has 1 rings (SSSR count). The van der Waals surface area contributed by atoms with Crippen molar-refractivity contribution in [2.24, 2.45) is 0 Å². The van der Waals surface area contributed by atoms with Gasteiger partial charge in [0.1, 0.15) is 0 Å². The molecule has 0 saturated heterocycles. The second-order valence-corrected chi connectivity index (χ2v) is 2.45. The van der Waals surface area contributed by atoms with E-state index in [4.69, 9.17) is 0 Å². The highest BCUT2D eigenvalue weighted by molar-refractivity contribution is 14.1. The minimum atomic E-state index is -0.211. The van der Waals surface area contributed by atoms with E-state index >= 15 is 0 Å². The van der Waals surface area contributed by atoms with Gasteiger partial charge in [0.2, 0.25) is 0 Å². The molecule has 0 heterocycles. The number of urea groups is 1. The van der Waals surface area contributed by atoms with Crippen LogP contribution in [-0.2, 0) is 0 Å². The van der Waals surface area contributed by atoms with E-state index in [9.17, 15) is 4.79 Å². The van der Waals surface area contributed by atoms with Gasteiger partial charge in [0, 0.05) is 5.69 Å². The minimum Gasteiger partial charge on any atom is -0.307 e. The van der Waals surface area contributed by atoms with Gasteiger partial charge in [-0.05, 0) is 12.1 Å². The molecule has 4 heteroatoms. The molecule has 2 N–H and O–H groups in total. The molecule has 0 aliphatic carbocycles. The molecule has 0 atom stereocenters. The fourth-order valence-electron chi connectivity index (χ4n) is 0.676. The molecule has 0 spiro atoms. The molecule has 11 heavy (non-hydrogen) atoms. The zero-order chi connectivity index (χ0) is 8.10. The van der Waals surface area contributed by atoms with E-state index in [1.165, 1.54) is 0 Å². The van der Waals surface area contributed by atoms with Gasteiger partial charge in [-0.3, -0.25) is 3.53 Å². The molecule has 0 bridgehead atoms. The molecular formula is C7H7IN2O. The normalized spacial score (nSPS) is 8.82. The Bertz CT molecular complexity index is 237.